The highest BCUT2D eigenvalue weighted by molar-refractivity contribution is 6.44. The van der Waals surface area contributed by atoms with Crippen LogP contribution in [0, 0.1) is 0 Å². The first-order valence-corrected chi connectivity index (χ1v) is 5.10. The molecular formula is C6H15NOSi. The molecule has 0 bridgehead atoms. The van der Waals surface area contributed by atoms with Crippen molar-refractivity contribution in [3.63, 3.8) is 0 Å². The zero-order chi connectivity index (χ0) is 7.28. The summed E-state index contributed by atoms with van der Waals surface area (Å²) in [6.07, 6.45) is 0.913. The van der Waals surface area contributed by atoms with E-state index in [2.05, 4.69) is 0 Å². The average Bonchev–Trinajstić information content (AvgIpc) is 1.82. The molecule has 3 heteroatoms. The van der Waals surface area contributed by atoms with Gasteiger partial charge in [-0.1, -0.05) is 13.8 Å². The van der Waals surface area contributed by atoms with Crippen LogP contribution in [0.2, 0.25) is 11.6 Å². The summed E-state index contributed by atoms with van der Waals surface area (Å²) < 4.78 is 11.0. The molecule has 2 N–H and O–H groups in total. The summed E-state index contributed by atoms with van der Waals surface area (Å²) in [4.78, 5) is 0. The molecule has 0 rings (SSSR count). The maximum atomic E-state index is 11.0. The molecule has 0 aromatic rings. The Labute approximate surface area is 58.1 Å². The summed E-state index contributed by atoms with van der Waals surface area (Å²) in [6, 6.07) is 0.832. The van der Waals surface area contributed by atoms with E-state index >= 15 is 0 Å². The molecule has 0 atom stereocenters. The molecule has 54 valence electrons. The molecule has 0 aliphatic heterocycles. The van der Waals surface area contributed by atoms with Gasteiger partial charge in [-0.05, 0) is 24.6 Å². The molecule has 0 radical (unpaired) electrons. The maximum absolute atomic E-state index is 11.0. The van der Waals surface area contributed by atoms with Gasteiger partial charge in [-0.2, -0.15) is 0 Å². The summed E-state index contributed by atoms with van der Waals surface area (Å²) >= 11 is 0. The third-order valence-electron chi connectivity index (χ3n) is 1.27. The van der Waals surface area contributed by atoms with Crippen LogP contribution in [0.1, 0.15) is 20.3 Å². The molecule has 0 aromatic heterocycles. The van der Waals surface area contributed by atoms with Gasteiger partial charge in [0.05, 0.1) is 0 Å². The Balaban J connectivity index is 3.28. The van der Waals surface area contributed by atoms with Gasteiger partial charge < -0.3 is 10.2 Å². The molecule has 9 heavy (non-hydrogen) atoms. The first-order valence-electron chi connectivity index (χ1n) is 3.41. The van der Waals surface area contributed by atoms with Crippen molar-refractivity contribution in [1.82, 2.24) is 0 Å². The van der Waals surface area contributed by atoms with E-state index in [1.54, 1.807) is 0 Å². The lowest BCUT2D eigenvalue weighted by atomic mass is 10.5. The van der Waals surface area contributed by atoms with Gasteiger partial charge in [0.25, 0.3) is 8.68 Å². The van der Waals surface area contributed by atoms with E-state index in [0.29, 0.717) is 12.1 Å². The molecule has 0 spiro atoms. The van der Waals surface area contributed by atoms with Crippen LogP contribution in [0.4, 0.5) is 0 Å². The Kier molecular flexibility index (Phi) is 4.81. The highest BCUT2D eigenvalue weighted by atomic mass is 28.3. The van der Waals surface area contributed by atoms with Crippen molar-refractivity contribution in [2.45, 2.75) is 31.9 Å². The van der Waals surface area contributed by atoms with E-state index in [0.717, 1.165) is 12.5 Å². The number of rotatable bonds is 4. The lowest BCUT2D eigenvalue weighted by molar-refractivity contribution is 0.548. The quantitative estimate of drug-likeness (QED) is 0.603. The smallest absolute Gasteiger partial charge is 0.279 e. The predicted octanol–water partition coefficient (Wildman–Crippen LogP) is 1.17. The van der Waals surface area contributed by atoms with Crippen molar-refractivity contribution in [3.8, 4) is 0 Å². The van der Waals surface area contributed by atoms with Crippen LogP contribution in [-0.2, 0) is 4.46 Å². The summed E-state index contributed by atoms with van der Waals surface area (Å²) in [6.45, 7) is 4.67. The third-order valence-corrected chi connectivity index (χ3v) is 3.41. The van der Waals surface area contributed by atoms with E-state index in [-0.39, 0.29) is 0 Å². The Bertz CT molecular complexity index is 93.1. The van der Waals surface area contributed by atoms with Gasteiger partial charge in [-0.15, -0.1) is 0 Å². The minimum absolute atomic E-state index is 0.363. The van der Waals surface area contributed by atoms with Crippen LogP contribution in [0.25, 0.3) is 0 Å². The van der Waals surface area contributed by atoms with Crippen LogP contribution in [0.5, 0.6) is 0 Å². The van der Waals surface area contributed by atoms with Crippen molar-refractivity contribution in [2.75, 3.05) is 6.54 Å². The Morgan fingerprint density at radius 2 is 2.11 bits per heavy atom. The van der Waals surface area contributed by atoms with Crippen LogP contribution < -0.4 is 5.73 Å². The van der Waals surface area contributed by atoms with Crippen LogP contribution in [0.3, 0.4) is 0 Å². The molecule has 0 saturated carbocycles. The van der Waals surface area contributed by atoms with Gasteiger partial charge in [0.2, 0.25) is 0 Å². The van der Waals surface area contributed by atoms with Crippen molar-refractivity contribution < 1.29 is 4.46 Å². The number of hydrogen-bond donors (Lipinski definition) is 1. The normalized spacial score (nSPS) is 10.2. The van der Waals surface area contributed by atoms with Gasteiger partial charge in [0, 0.05) is 0 Å². The molecule has 0 aromatic carbocycles. The molecule has 0 saturated heterocycles. The highest BCUT2D eigenvalue weighted by Crippen LogP contribution is 2.05. The van der Waals surface area contributed by atoms with Gasteiger partial charge in [-0.25, -0.2) is 0 Å². The van der Waals surface area contributed by atoms with Crippen molar-refractivity contribution in [1.29, 1.82) is 0 Å². The Hall–Kier alpha value is -0.0231. The van der Waals surface area contributed by atoms with Crippen molar-refractivity contribution in [3.05, 3.63) is 0 Å². The second-order valence-corrected chi connectivity index (χ2v) is 5.10. The topological polar surface area (TPSA) is 43.1 Å². The van der Waals surface area contributed by atoms with Crippen LogP contribution in [-0.4, -0.2) is 15.2 Å². The zero-order valence-electron chi connectivity index (χ0n) is 6.18. The van der Waals surface area contributed by atoms with E-state index < -0.39 is 8.68 Å². The molecule has 0 aliphatic rings. The van der Waals surface area contributed by atoms with E-state index in [4.69, 9.17) is 5.73 Å². The summed E-state index contributed by atoms with van der Waals surface area (Å²) in [5, 5.41) is 0. The fourth-order valence-electron chi connectivity index (χ4n) is 0.565. The van der Waals surface area contributed by atoms with Gasteiger partial charge in [0.15, 0.2) is 0 Å². The fourth-order valence-corrected chi connectivity index (χ4v) is 1.69. The highest BCUT2D eigenvalue weighted by Gasteiger charge is 2.07. The summed E-state index contributed by atoms with van der Waals surface area (Å²) in [5.74, 6) is 0. The number of hydrogen-bond acceptors (Lipinski definition) is 2. The van der Waals surface area contributed by atoms with Crippen molar-refractivity contribution >= 4 is 8.68 Å². The molecule has 2 nitrogen and oxygen atoms in total. The zero-order valence-corrected chi connectivity index (χ0v) is 7.18. The van der Waals surface area contributed by atoms with Crippen LogP contribution >= 0.6 is 0 Å². The lowest BCUT2D eigenvalue weighted by Gasteiger charge is -1.98. The second kappa shape index (κ2) is 4.82. The van der Waals surface area contributed by atoms with E-state index in [1.807, 2.05) is 13.8 Å². The minimum atomic E-state index is -1.30. The van der Waals surface area contributed by atoms with Gasteiger partial charge in [-0.3, -0.25) is 0 Å². The van der Waals surface area contributed by atoms with Crippen molar-refractivity contribution in [2.24, 2.45) is 5.73 Å². The minimum Gasteiger partial charge on any atom is -0.388 e. The monoisotopic (exact) mass is 145 g/mol. The lowest BCUT2D eigenvalue weighted by Crippen LogP contribution is -2.07. The fraction of sp³-hybridized carbons (Fsp3) is 1.00. The van der Waals surface area contributed by atoms with Gasteiger partial charge in [0.1, 0.15) is 0 Å². The molecule has 0 aliphatic carbocycles. The number of nitrogens with two attached hydrogens (primary N) is 1. The average molecular weight is 145 g/mol. The van der Waals surface area contributed by atoms with E-state index in [9.17, 15) is 4.46 Å². The molecule has 0 heterocycles. The molecule has 0 unspecified atom stereocenters. The first kappa shape index (κ1) is 8.98. The summed E-state index contributed by atoms with van der Waals surface area (Å²) in [5.41, 5.74) is 5.62. The Morgan fingerprint density at radius 1 is 1.56 bits per heavy atom. The summed E-state index contributed by atoms with van der Waals surface area (Å²) in [7, 11) is -1.30. The van der Waals surface area contributed by atoms with E-state index in [1.165, 1.54) is 0 Å². The standard InChI is InChI=1S/C6H15NOSi/c1-6(2)9(8)5-3-4-7/h6H,3-5,7H2,1-2H3. The molecular weight excluding hydrogens is 130 g/mol. The SMILES string of the molecule is CC(C)[Si](=O)CCCN. The largest absolute Gasteiger partial charge is 0.388 e. The van der Waals surface area contributed by atoms with Gasteiger partial charge >= 0.3 is 0 Å². The molecule has 0 amide bonds. The molecule has 0 fully saturated rings. The third kappa shape index (κ3) is 4.48. The predicted molar refractivity (Wildman–Crippen MR) is 40.0 cm³/mol. The Morgan fingerprint density at radius 3 is 2.44 bits per heavy atom. The maximum Gasteiger partial charge on any atom is 0.279 e. The first-order chi connectivity index (χ1) is 4.18. The second-order valence-electron chi connectivity index (χ2n) is 2.51. The van der Waals surface area contributed by atoms with Crippen LogP contribution in [0.15, 0.2) is 0 Å².